The summed E-state index contributed by atoms with van der Waals surface area (Å²) in [5, 5.41) is 46.8. The molecule has 0 radical (unpaired) electrons. The summed E-state index contributed by atoms with van der Waals surface area (Å²) in [4.78, 5) is 106. The minimum atomic E-state index is -2.39. The van der Waals surface area contributed by atoms with Crippen LogP contribution in [0.25, 0.3) is 10.9 Å². The number of nitrogens with one attached hydrogen (secondary N) is 3. The summed E-state index contributed by atoms with van der Waals surface area (Å²) in [5.74, 6) is -6.75. The molecule has 4 fully saturated rings. The number of carbonyl (C=O) groups excluding carboxylic acids is 7. The molecule has 23 nitrogen and oxygen atoms in total. The van der Waals surface area contributed by atoms with E-state index in [1.54, 1.807) is 111 Å². The summed E-state index contributed by atoms with van der Waals surface area (Å²) in [7, 11) is 0. The van der Waals surface area contributed by atoms with E-state index in [-0.39, 0.29) is 46.2 Å². The summed E-state index contributed by atoms with van der Waals surface area (Å²) in [6.07, 6.45) is -7.08. The van der Waals surface area contributed by atoms with Crippen LogP contribution in [-0.4, -0.2) is 166 Å². The molecule has 6 aromatic rings. The number of aliphatic hydroxyl groups is 3. The standard InChI is InChI=1S/C47H51NO14.C24H25ClFN5O3/c1-25-31(60-43(56)36(52)35(28-16-10-7-11-17-28)48-41(54)29-18-12-8-13-19-29)23-47(57)40(61-42(55)30-20-14-9-15-21-30)38-45(6,32(51)22-33-46(38,24-58-33)62-27(3)50)39(53)37(59-26(2)49)34(25)44(47,4)5;1-2-23(32)30-21-13-17-20(14-22(21)34-9-3-6-31-7-10-33-11-8-31)27-15-28-24(17)29-16-4-5-19(26)18(25)12-16/h7-21,31-33,35-38,40,51-52,57H,22-24H2,1-6H3,(H,48,54);2,4-5,12-15H,1,3,6-11H2,(H,30,32)(H,27,28,29)/t31-,32-,33+,35-,36+,37+,38-,40-,45+,46-,47+;/m0./s1. The first-order valence-electron chi connectivity index (χ1n) is 31.4. The highest BCUT2D eigenvalue weighted by Gasteiger charge is 2.78. The molecule has 0 unspecified atom stereocenters. The molecule has 2 bridgehead atoms. The molecule has 11 atom stereocenters. The number of esters is 4. The topological polar surface area (TPSA) is 310 Å². The summed E-state index contributed by atoms with van der Waals surface area (Å²) < 4.78 is 55.2. The predicted molar refractivity (Wildman–Crippen MR) is 348 cm³/mol. The van der Waals surface area contributed by atoms with Crippen LogP contribution in [0.1, 0.15) is 93.1 Å². The number of fused-ring (bicyclic) bond motifs is 6. The zero-order chi connectivity index (χ0) is 68.9. The van der Waals surface area contributed by atoms with Crippen molar-refractivity contribution in [3.63, 3.8) is 0 Å². The van der Waals surface area contributed by atoms with Crippen molar-refractivity contribution in [3.05, 3.63) is 179 Å². The quantitative estimate of drug-likeness (QED) is 0.0147. The molecule has 506 valence electrons. The molecule has 2 saturated heterocycles. The van der Waals surface area contributed by atoms with Gasteiger partial charge < -0.3 is 64.4 Å². The first-order chi connectivity index (χ1) is 45.8. The zero-order valence-electron chi connectivity index (χ0n) is 53.8. The van der Waals surface area contributed by atoms with E-state index >= 15 is 4.79 Å². The fourth-order valence-electron chi connectivity index (χ4n) is 13.8. The number of Topliss-reactive ketones (excluding diaryl/α,β-unsaturated/α-hetero) is 1. The maximum Gasteiger partial charge on any atom is 0.338 e. The molecule has 0 spiro atoms. The smallest absolute Gasteiger partial charge is 0.338 e. The average Bonchev–Trinajstić information content (AvgIpc) is 0.670. The number of hydrogen-bond acceptors (Lipinski definition) is 21. The van der Waals surface area contributed by atoms with Crippen molar-refractivity contribution in [2.45, 2.75) is 115 Å². The van der Waals surface area contributed by atoms with Crippen molar-refractivity contribution in [1.82, 2.24) is 20.2 Å². The van der Waals surface area contributed by atoms with Gasteiger partial charge in [0.05, 0.1) is 71.7 Å². The Morgan fingerprint density at radius 1 is 0.875 bits per heavy atom. The fraction of sp³-hybridized carbons (Fsp3) is 0.394. The minimum absolute atomic E-state index is 0.00289. The Bertz CT molecular complexity index is 3950. The number of ether oxygens (including phenoxy) is 7. The molecule has 5 aliphatic rings. The molecule has 3 heterocycles. The number of nitrogens with zero attached hydrogens (tertiary/aromatic N) is 3. The molecule has 25 heteroatoms. The summed E-state index contributed by atoms with van der Waals surface area (Å²) in [6.45, 7) is 16.2. The van der Waals surface area contributed by atoms with Crippen LogP contribution in [0.2, 0.25) is 5.02 Å². The highest BCUT2D eigenvalue weighted by atomic mass is 35.5. The van der Waals surface area contributed by atoms with Crippen molar-refractivity contribution in [1.29, 1.82) is 0 Å². The third kappa shape index (κ3) is 14.1. The van der Waals surface area contributed by atoms with Gasteiger partial charge >= 0.3 is 23.9 Å². The molecular weight excluding hydrogens is 1260 g/mol. The van der Waals surface area contributed by atoms with Crippen LogP contribution in [0.4, 0.5) is 21.6 Å². The molecule has 1 aromatic heterocycles. The van der Waals surface area contributed by atoms with Crippen molar-refractivity contribution >= 4 is 81.2 Å². The van der Waals surface area contributed by atoms with Crippen LogP contribution in [0.3, 0.4) is 0 Å². The number of hydrogen-bond donors (Lipinski definition) is 6. The lowest BCUT2D eigenvalue weighted by Gasteiger charge is -2.67. The van der Waals surface area contributed by atoms with Crippen molar-refractivity contribution < 1.29 is 86.4 Å². The van der Waals surface area contributed by atoms with Crippen LogP contribution in [-0.2, 0) is 52.4 Å². The van der Waals surface area contributed by atoms with Gasteiger partial charge in [0, 0.05) is 74.4 Å². The van der Waals surface area contributed by atoms with Gasteiger partial charge in [-0.05, 0) is 91.6 Å². The van der Waals surface area contributed by atoms with Crippen molar-refractivity contribution in [2.75, 3.05) is 56.7 Å². The predicted octanol–water partition coefficient (Wildman–Crippen LogP) is 8.13. The van der Waals surface area contributed by atoms with E-state index in [2.05, 4.69) is 37.4 Å². The Labute approximate surface area is 558 Å². The van der Waals surface area contributed by atoms with Crippen LogP contribution >= 0.6 is 11.6 Å². The molecular formula is C71H76ClFN6O17. The Hall–Kier alpha value is -9.01. The lowest BCUT2D eigenvalue weighted by molar-refractivity contribution is -0.346. The van der Waals surface area contributed by atoms with E-state index in [0.29, 0.717) is 46.0 Å². The number of morpholine rings is 1. The molecule has 6 N–H and O–H groups in total. The van der Waals surface area contributed by atoms with E-state index in [4.69, 9.17) is 44.8 Å². The fourth-order valence-corrected chi connectivity index (χ4v) is 14.0. The lowest BCUT2D eigenvalue weighted by Crippen LogP contribution is -2.82. The Morgan fingerprint density at radius 2 is 1.54 bits per heavy atom. The third-order valence-corrected chi connectivity index (χ3v) is 19.1. The number of amides is 2. The number of carbonyl (C=O) groups is 7. The van der Waals surface area contributed by atoms with E-state index < -0.39 is 118 Å². The van der Waals surface area contributed by atoms with E-state index in [1.165, 1.54) is 50.5 Å². The molecule has 2 aliphatic heterocycles. The number of halogens is 2. The number of ketones is 1. The van der Waals surface area contributed by atoms with Gasteiger partial charge in [-0.3, -0.25) is 28.9 Å². The van der Waals surface area contributed by atoms with Crippen LogP contribution in [0.5, 0.6) is 5.75 Å². The minimum Gasteiger partial charge on any atom is -0.491 e. The number of anilines is 3. The maximum atomic E-state index is 15.5. The SMILES string of the molecule is C=CC(=O)Nc1cc2c(Nc3ccc(F)c(Cl)c3)ncnc2cc1OCCCN1CCOCC1.CC(=O)O[C@H]1C(=O)[C@@]2(C)[C@H]([C@H](OC(=O)c3ccccc3)[C@]3(O)C[C@H](OC(=O)[C@H](O)[C@@H](NC(=O)c4ccccc4)c4ccccc4)C(C)=C1C3(C)C)[C@]1(OC(C)=O)CO[C@@H]1C[C@@H]2O. The van der Waals surface area contributed by atoms with Gasteiger partial charge in [-0.25, -0.2) is 23.9 Å². The van der Waals surface area contributed by atoms with Crippen molar-refractivity contribution in [3.8, 4) is 5.75 Å². The molecule has 5 aromatic carbocycles. The van der Waals surface area contributed by atoms with Gasteiger partial charge in [-0.2, -0.15) is 0 Å². The monoisotopic (exact) mass is 1340 g/mol. The largest absolute Gasteiger partial charge is 0.491 e. The highest BCUT2D eigenvalue weighted by Crippen LogP contribution is 2.64. The maximum absolute atomic E-state index is 15.5. The Kier molecular flexibility index (Phi) is 21.2. The number of aromatic nitrogens is 2. The van der Waals surface area contributed by atoms with Gasteiger partial charge in [0.15, 0.2) is 23.6 Å². The summed E-state index contributed by atoms with van der Waals surface area (Å²) >= 11 is 5.90. The second-order valence-electron chi connectivity index (χ2n) is 25.0. The highest BCUT2D eigenvalue weighted by molar-refractivity contribution is 6.31. The summed E-state index contributed by atoms with van der Waals surface area (Å²) in [6, 6.07) is 30.7. The second kappa shape index (κ2) is 29.1. The lowest BCUT2D eigenvalue weighted by atomic mass is 9.44. The Morgan fingerprint density at radius 3 is 2.17 bits per heavy atom. The average molecular weight is 1340 g/mol. The van der Waals surface area contributed by atoms with Gasteiger partial charge in [-0.15, -0.1) is 0 Å². The number of rotatable bonds is 19. The van der Waals surface area contributed by atoms with E-state index in [1.807, 2.05) is 0 Å². The molecule has 11 rings (SSSR count). The molecule has 2 amide bonds. The molecule has 96 heavy (non-hydrogen) atoms. The van der Waals surface area contributed by atoms with E-state index in [0.717, 1.165) is 53.1 Å². The number of aliphatic hydroxyl groups excluding tert-OH is 2. The second-order valence-corrected chi connectivity index (χ2v) is 25.5. The first-order valence-corrected chi connectivity index (χ1v) is 31.8. The zero-order valence-corrected chi connectivity index (χ0v) is 54.5. The van der Waals surface area contributed by atoms with Gasteiger partial charge in [0.2, 0.25) is 5.91 Å². The Balaban J connectivity index is 0.000000248. The van der Waals surface area contributed by atoms with Crippen LogP contribution < -0.4 is 20.7 Å². The van der Waals surface area contributed by atoms with Crippen LogP contribution in [0.15, 0.2) is 151 Å². The first kappa shape index (κ1) is 69.8. The molecule has 2 saturated carbocycles. The molecule has 3 aliphatic carbocycles. The number of benzene rings is 5. The normalized spacial score (nSPS) is 25.6. The van der Waals surface area contributed by atoms with Gasteiger partial charge in [0.1, 0.15) is 47.6 Å². The van der Waals surface area contributed by atoms with E-state index in [9.17, 15) is 48.5 Å². The van der Waals surface area contributed by atoms with Crippen molar-refractivity contribution in [2.24, 2.45) is 16.7 Å². The van der Waals surface area contributed by atoms with Gasteiger partial charge in [-0.1, -0.05) is 98.8 Å². The third-order valence-electron chi connectivity index (χ3n) is 18.8. The van der Waals surface area contributed by atoms with Crippen LogP contribution in [0, 0.1) is 22.6 Å². The van der Waals surface area contributed by atoms with Gasteiger partial charge in [0.25, 0.3) is 5.91 Å². The summed E-state index contributed by atoms with van der Waals surface area (Å²) in [5.41, 5.74) is -5.37.